The molecule has 0 saturated carbocycles. The van der Waals surface area contributed by atoms with E-state index < -0.39 is 5.41 Å². The average molecular weight is 262 g/mol. The van der Waals surface area contributed by atoms with Crippen LogP contribution in [0.3, 0.4) is 0 Å². The van der Waals surface area contributed by atoms with Crippen molar-refractivity contribution in [1.82, 2.24) is 4.98 Å². The van der Waals surface area contributed by atoms with E-state index in [0.717, 1.165) is 6.42 Å². The Balaban J connectivity index is 2.74. The highest BCUT2D eigenvalue weighted by atomic mass is 16.2. The Labute approximate surface area is 116 Å². The summed E-state index contributed by atoms with van der Waals surface area (Å²) in [5.74, 6) is 1.20. The number of aromatic nitrogens is 1. The van der Waals surface area contributed by atoms with Crippen LogP contribution < -0.4 is 5.32 Å². The standard InChI is InChI=1S/C16H26N2O/c1-6-8-12(7-2)13-9-10-14(17-11-13)18-15(19)16(3,4)5/h9-12H,6-8H2,1-5H3,(H,17,18,19). The summed E-state index contributed by atoms with van der Waals surface area (Å²) in [5.41, 5.74) is 0.868. The summed E-state index contributed by atoms with van der Waals surface area (Å²) < 4.78 is 0. The molecular formula is C16H26N2O. The molecule has 106 valence electrons. The van der Waals surface area contributed by atoms with Gasteiger partial charge < -0.3 is 5.32 Å². The molecule has 0 bridgehead atoms. The lowest BCUT2D eigenvalue weighted by atomic mass is 9.93. The number of amides is 1. The van der Waals surface area contributed by atoms with E-state index in [1.807, 2.05) is 33.0 Å². The van der Waals surface area contributed by atoms with Crippen molar-refractivity contribution in [1.29, 1.82) is 0 Å². The van der Waals surface area contributed by atoms with Crippen molar-refractivity contribution in [2.45, 2.75) is 59.8 Å². The fraction of sp³-hybridized carbons (Fsp3) is 0.625. The maximum absolute atomic E-state index is 11.9. The molecule has 1 heterocycles. The molecule has 1 N–H and O–H groups in total. The first-order valence-electron chi connectivity index (χ1n) is 7.15. The Morgan fingerprint density at radius 1 is 1.32 bits per heavy atom. The van der Waals surface area contributed by atoms with Gasteiger partial charge in [0.05, 0.1) is 0 Å². The minimum atomic E-state index is -0.394. The van der Waals surface area contributed by atoms with Crippen LogP contribution in [0.5, 0.6) is 0 Å². The van der Waals surface area contributed by atoms with Crippen LogP contribution in [0.4, 0.5) is 5.82 Å². The normalized spacial score (nSPS) is 13.1. The van der Waals surface area contributed by atoms with Gasteiger partial charge in [0, 0.05) is 11.6 Å². The van der Waals surface area contributed by atoms with E-state index in [0.29, 0.717) is 11.7 Å². The van der Waals surface area contributed by atoms with Crippen molar-refractivity contribution in [3.63, 3.8) is 0 Å². The molecule has 19 heavy (non-hydrogen) atoms. The van der Waals surface area contributed by atoms with Crippen LogP contribution in [0.1, 0.15) is 65.4 Å². The predicted octanol–water partition coefficient (Wildman–Crippen LogP) is 4.36. The number of carbonyl (C=O) groups is 1. The van der Waals surface area contributed by atoms with Crippen molar-refractivity contribution in [2.24, 2.45) is 5.41 Å². The molecule has 3 nitrogen and oxygen atoms in total. The van der Waals surface area contributed by atoms with Crippen molar-refractivity contribution in [3.8, 4) is 0 Å². The molecule has 0 saturated heterocycles. The van der Waals surface area contributed by atoms with Gasteiger partial charge in [-0.1, -0.05) is 47.1 Å². The highest BCUT2D eigenvalue weighted by Crippen LogP contribution is 2.25. The second kappa shape index (κ2) is 6.69. The summed E-state index contributed by atoms with van der Waals surface area (Å²) in [6.45, 7) is 10.1. The van der Waals surface area contributed by atoms with E-state index in [1.165, 1.54) is 18.4 Å². The number of anilines is 1. The Bertz CT molecular complexity index is 404. The number of rotatable bonds is 5. The van der Waals surface area contributed by atoms with Gasteiger partial charge in [0.15, 0.2) is 0 Å². The van der Waals surface area contributed by atoms with Crippen LogP contribution in [0, 0.1) is 5.41 Å². The zero-order valence-corrected chi connectivity index (χ0v) is 12.8. The molecule has 0 aliphatic heterocycles. The number of nitrogens with zero attached hydrogens (tertiary/aromatic N) is 1. The minimum Gasteiger partial charge on any atom is -0.310 e. The van der Waals surface area contributed by atoms with E-state index >= 15 is 0 Å². The van der Waals surface area contributed by atoms with Gasteiger partial charge in [-0.3, -0.25) is 4.79 Å². The van der Waals surface area contributed by atoms with Crippen LogP contribution in [0.25, 0.3) is 0 Å². The van der Waals surface area contributed by atoms with E-state index in [1.54, 1.807) is 0 Å². The van der Waals surface area contributed by atoms with Crippen LogP contribution in [0.2, 0.25) is 0 Å². The number of pyridine rings is 1. The molecule has 1 rings (SSSR count). The molecular weight excluding hydrogens is 236 g/mol. The van der Waals surface area contributed by atoms with E-state index in [9.17, 15) is 4.79 Å². The second-order valence-electron chi connectivity index (χ2n) is 6.07. The monoisotopic (exact) mass is 262 g/mol. The van der Waals surface area contributed by atoms with Gasteiger partial charge in [0.2, 0.25) is 5.91 Å². The highest BCUT2D eigenvalue weighted by Gasteiger charge is 2.21. The smallest absolute Gasteiger partial charge is 0.230 e. The van der Waals surface area contributed by atoms with Crippen LogP contribution in [-0.2, 0) is 4.79 Å². The van der Waals surface area contributed by atoms with Gasteiger partial charge in [0.1, 0.15) is 5.82 Å². The molecule has 1 unspecified atom stereocenters. The van der Waals surface area contributed by atoms with Crippen molar-refractivity contribution >= 4 is 11.7 Å². The maximum Gasteiger partial charge on any atom is 0.230 e. The molecule has 1 aromatic rings. The predicted molar refractivity (Wildman–Crippen MR) is 80.3 cm³/mol. The van der Waals surface area contributed by atoms with Gasteiger partial charge in [-0.2, -0.15) is 0 Å². The quantitative estimate of drug-likeness (QED) is 0.856. The van der Waals surface area contributed by atoms with Gasteiger partial charge in [-0.15, -0.1) is 0 Å². The highest BCUT2D eigenvalue weighted by molar-refractivity contribution is 5.93. The summed E-state index contributed by atoms with van der Waals surface area (Å²) in [6, 6.07) is 3.98. The van der Waals surface area contributed by atoms with Crippen molar-refractivity contribution < 1.29 is 4.79 Å². The average Bonchev–Trinajstić information content (AvgIpc) is 2.36. The summed E-state index contributed by atoms with van der Waals surface area (Å²) >= 11 is 0. The summed E-state index contributed by atoms with van der Waals surface area (Å²) in [7, 11) is 0. The lowest BCUT2D eigenvalue weighted by Gasteiger charge is -2.18. The lowest BCUT2D eigenvalue weighted by Crippen LogP contribution is -2.28. The number of carbonyl (C=O) groups excluding carboxylic acids is 1. The summed E-state index contributed by atoms with van der Waals surface area (Å²) in [4.78, 5) is 16.2. The Kier molecular flexibility index (Phi) is 5.52. The second-order valence-corrected chi connectivity index (χ2v) is 6.07. The first kappa shape index (κ1) is 15.7. The molecule has 0 aliphatic rings. The third-order valence-corrected chi connectivity index (χ3v) is 3.31. The van der Waals surface area contributed by atoms with Crippen LogP contribution >= 0.6 is 0 Å². The Morgan fingerprint density at radius 2 is 2.00 bits per heavy atom. The fourth-order valence-electron chi connectivity index (χ4n) is 1.98. The first-order chi connectivity index (χ1) is 8.88. The maximum atomic E-state index is 11.9. The zero-order valence-electron chi connectivity index (χ0n) is 12.8. The van der Waals surface area contributed by atoms with Gasteiger partial charge >= 0.3 is 0 Å². The molecule has 1 atom stereocenters. The van der Waals surface area contributed by atoms with Crippen molar-refractivity contribution in [2.75, 3.05) is 5.32 Å². The zero-order chi connectivity index (χ0) is 14.5. The van der Waals surface area contributed by atoms with Crippen molar-refractivity contribution in [3.05, 3.63) is 23.9 Å². The summed E-state index contributed by atoms with van der Waals surface area (Å²) in [5, 5.41) is 2.85. The first-order valence-corrected chi connectivity index (χ1v) is 7.15. The SMILES string of the molecule is CCCC(CC)c1ccc(NC(=O)C(C)(C)C)nc1. The van der Waals surface area contributed by atoms with Crippen LogP contribution in [-0.4, -0.2) is 10.9 Å². The fourth-order valence-corrected chi connectivity index (χ4v) is 1.98. The molecule has 1 amide bonds. The molecule has 0 fully saturated rings. The van der Waals surface area contributed by atoms with E-state index in [2.05, 4.69) is 30.2 Å². The largest absolute Gasteiger partial charge is 0.310 e. The number of hydrogen-bond acceptors (Lipinski definition) is 2. The van der Waals surface area contributed by atoms with Gasteiger partial charge in [0.25, 0.3) is 0 Å². The third kappa shape index (κ3) is 4.66. The Morgan fingerprint density at radius 3 is 2.42 bits per heavy atom. The molecule has 0 aromatic carbocycles. The molecule has 1 aromatic heterocycles. The molecule has 3 heteroatoms. The Hall–Kier alpha value is -1.38. The van der Waals surface area contributed by atoms with E-state index in [-0.39, 0.29) is 5.91 Å². The lowest BCUT2D eigenvalue weighted by molar-refractivity contribution is -0.123. The molecule has 0 radical (unpaired) electrons. The third-order valence-electron chi connectivity index (χ3n) is 3.31. The molecule has 0 aliphatic carbocycles. The topological polar surface area (TPSA) is 42.0 Å². The van der Waals surface area contributed by atoms with Gasteiger partial charge in [-0.05, 0) is 30.4 Å². The minimum absolute atomic E-state index is 0.00616. The van der Waals surface area contributed by atoms with E-state index in [4.69, 9.17) is 0 Å². The van der Waals surface area contributed by atoms with Gasteiger partial charge in [-0.25, -0.2) is 4.98 Å². The van der Waals surface area contributed by atoms with Crippen LogP contribution in [0.15, 0.2) is 18.3 Å². The molecule has 0 spiro atoms. The summed E-state index contributed by atoms with van der Waals surface area (Å²) in [6.07, 6.45) is 5.39. The number of nitrogens with one attached hydrogen (secondary N) is 1. The number of hydrogen-bond donors (Lipinski definition) is 1.